The summed E-state index contributed by atoms with van der Waals surface area (Å²) in [5.74, 6) is 0.543. The van der Waals surface area contributed by atoms with E-state index in [2.05, 4.69) is 16.5 Å². The van der Waals surface area contributed by atoms with Gasteiger partial charge in [0.15, 0.2) is 0 Å². The second-order valence-corrected chi connectivity index (χ2v) is 6.37. The van der Waals surface area contributed by atoms with E-state index in [0.29, 0.717) is 11.8 Å². The number of anilines is 1. The van der Waals surface area contributed by atoms with E-state index >= 15 is 0 Å². The van der Waals surface area contributed by atoms with Gasteiger partial charge in [0.2, 0.25) is 0 Å². The first kappa shape index (κ1) is 16.6. The molecule has 4 rings (SSSR count). The number of amides is 1. The minimum absolute atomic E-state index is 0. The molecule has 2 aromatic rings. The number of aromatic nitrogens is 2. The molecule has 128 valence electrons. The van der Waals surface area contributed by atoms with Crippen molar-refractivity contribution in [1.82, 2.24) is 9.78 Å². The molecule has 6 heteroatoms. The van der Waals surface area contributed by atoms with Crippen LogP contribution in [0.1, 0.15) is 72.1 Å². The second-order valence-electron chi connectivity index (χ2n) is 6.37. The number of fused-ring (bicyclic) bond motifs is 5. The third-order valence-electron chi connectivity index (χ3n) is 4.98. The van der Waals surface area contributed by atoms with Gasteiger partial charge in [-0.1, -0.05) is 19.6 Å². The maximum atomic E-state index is 13.0. The summed E-state index contributed by atoms with van der Waals surface area (Å²) in [6, 6.07) is 5.89. The number of rotatable bonds is 3. The van der Waals surface area contributed by atoms with Crippen LogP contribution in [0.4, 0.5) is 14.5 Å². The number of carbonyl (C=O) groups excluding carboxylic acids is 1. The number of hydrogen-bond donors (Lipinski definition) is 1. The number of hydrogen-bond acceptors (Lipinski definition) is 2. The average Bonchev–Trinajstić information content (AvgIpc) is 3.21. The zero-order valence-electron chi connectivity index (χ0n) is 12.7. The van der Waals surface area contributed by atoms with Gasteiger partial charge < -0.3 is 5.32 Å². The molecule has 2 bridgehead atoms. The van der Waals surface area contributed by atoms with Gasteiger partial charge in [-0.05, 0) is 48.3 Å². The maximum absolute atomic E-state index is 13.0. The monoisotopic (exact) mass is 333 g/mol. The molecule has 2 aliphatic rings. The predicted octanol–water partition coefficient (Wildman–Crippen LogP) is 4.61. The third-order valence-corrected chi connectivity index (χ3v) is 4.98. The van der Waals surface area contributed by atoms with Crippen molar-refractivity contribution in [2.45, 2.75) is 45.0 Å². The Morgan fingerprint density at radius 2 is 2.08 bits per heavy atom. The zero-order valence-corrected chi connectivity index (χ0v) is 12.7. The van der Waals surface area contributed by atoms with E-state index < -0.39 is 18.0 Å². The zero-order chi connectivity index (χ0) is 16.1. The van der Waals surface area contributed by atoms with Crippen molar-refractivity contribution in [1.29, 1.82) is 0 Å². The Balaban J connectivity index is 0.00000169. The smallest absolute Gasteiger partial charge is 0.282 e. The lowest BCUT2D eigenvalue weighted by Gasteiger charge is -2.19. The molecule has 1 N–H and O–H groups in total. The van der Waals surface area contributed by atoms with Crippen molar-refractivity contribution in [3.63, 3.8) is 0 Å². The number of benzene rings is 1. The Morgan fingerprint density at radius 1 is 1.33 bits per heavy atom. The Bertz CT molecular complexity index is 785. The number of halogens is 2. The lowest BCUT2D eigenvalue weighted by Crippen LogP contribution is -2.15. The van der Waals surface area contributed by atoms with Gasteiger partial charge >= 0.3 is 0 Å². The van der Waals surface area contributed by atoms with Gasteiger partial charge in [-0.2, -0.15) is 5.10 Å². The Kier molecular flexibility index (Phi) is 4.15. The van der Waals surface area contributed by atoms with E-state index in [0.717, 1.165) is 18.5 Å². The quantitative estimate of drug-likeness (QED) is 0.891. The van der Waals surface area contributed by atoms with Gasteiger partial charge in [-0.15, -0.1) is 0 Å². The van der Waals surface area contributed by atoms with Gasteiger partial charge in [0.1, 0.15) is 5.69 Å². The molecule has 1 aromatic heterocycles. The third kappa shape index (κ3) is 2.50. The molecule has 2 aliphatic carbocycles. The highest BCUT2D eigenvalue weighted by atomic mass is 19.3. The number of carbonyl (C=O) groups is 1. The van der Waals surface area contributed by atoms with E-state index in [4.69, 9.17) is 0 Å². The van der Waals surface area contributed by atoms with E-state index in [1.54, 1.807) is 0 Å². The van der Waals surface area contributed by atoms with Crippen molar-refractivity contribution in [3.8, 4) is 0 Å². The molecule has 0 radical (unpaired) electrons. The molecule has 4 nitrogen and oxygen atoms in total. The average molecular weight is 333 g/mol. The molecule has 1 amide bonds. The van der Waals surface area contributed by atoms with Crippen molar-refractivity contribution >= 4 is 11.6 Å². The highest BCUT2D eigenvalue weighted by Gasteiger charge is 2.38. The standard InChI is InChI=1S/C17H17F2N3O.CH4/c1-22-8-12(15(21-22)16(18)19)17(23)20-13-4-2-3-11-9-5-6-10(7-9)14(11)13;/h2-4,8-10,16H,5-7H2,1H3,(H,20,23);1H4. The van der Waals surface area contributed by atoms with Crippen LogP contribution in [0, 0.1) is 0 Å². The fraction of sp³-hybridized carbons (Fsp3) is 0.444. The first-order chi connectivity index (χ1) is 11.0. The number of nitrogens with one attached hydrogen (secondary N) is 1. The lowest BCUT2D eigenvalue weighted by molar-refractivity contribution is 0.101. The molecule has 2 unspecified atom stereocenters. The summed E-state index contributed by atoms with van der Waals surface area (Å²) >= 11 is 0. The fourth-order valence-corrected chi connectivity index (χ4v) is 4.06. The molecule has 1 heterocycles. The summed E-state index contributed by atoms with van der Waals surface area (Å²) in [7, 11) is 1.53. The van der Waals surface area contributed by atoms with E-state index in [-0.39, 0.29) is 13.0 Å². The molecular weight excluding hydrogens is 312 g/mol. The van der Waals surface area contributed by atoms with Crippen LogP contribution < -0.4 is 5.32 Å². The number of nitrogens with zero attached hydrogens (tertiary/aromatic N) is 2. The molecule has 0 spiro atoms. The minimum Gasteiger partial charge on any atom is -0.322 e. The Labute approximate surface area is 139 Å². The molecule has 1 aromatic carbocycles. The number of aryl methyl sites for hydroxylation is 1. The van der Waals surface area contributed by atoms with Gasteiger partial charge in [0.05, 0.1) is 5.56 Å². The predicted molar refractivity (Wildman–Crippen MR) is 88.6 cm³/mol. The topological polar surface area (TPSA) is 46.9 Å². The van der Waals surface area contributed by atoms with Crippen molar-refractivity contribution in [2.75, 3.05) is 5.32 Å². The first-order valence-corrected chi connectivity index (χ1v) is 7.80. The van der Waals surface area contributed by atoms with Crippen LogP contribution in [0.3, 0.4) is 0 Å². The number of alkyl halides is 2. The summed E-state index contributed by atoms with van der Waals surface area (Å²) in [5, 5.41) is 6.52. The van der Waals surface area contributed by atoms with Crippen LogP contribution in [0.15, 0.2) is 24.4 Å². The summed E-state index contributed by atoms with van der Waals surface area (Å²) in [4.78, 5) is 12.5. The van der Waals surface area contributed by atoms with E-state index in [1.807, 2.05) is 12.1 Å². The van der Waals surface area contributed by atoms with Crippen LogP contribution >= 0.6 is 0 Å². The summed E-state index contributed by atoms with van der Waals surface area (Å²) in [6.07, 6.45) is 2.05. The molecule has 1 saturated carbocycles. The van der Waals surface area contributed by atoms with E-state index in [9.17, 15) is 13.6 Å². The van der Waals surface area contributed by atoms with Gasteiger partial charge in [0.25, 0.3) is 12.3 Å². The second kappa shape index (κ2) is 6.00. The fourth-order valence-electron chi connectivity index (χ4n) is 4.06. The van der Waals surface area contributed by atoms with Gasteiger partial charge in [-0.25, -0.2) is 8.78 Å². The highest BCUT2D eigenvalue weighted by molar-refractivity contribution is 6.05. The lowest BCUT2D eigenvalue weighted by atomic mass is 9.90. The van der Waals surface area contributed by atoms with Crippen LogP contribution in [-0.4, -0.2) is 15.7 Å². The van der Waals surface area contributed by atoms with Gasteiger partial charge in [-0.3, -0.25) is 9.48 Å². The SMILES string of the molecule is C.Cn1cc(C(=O)Nc2cccc3c2C2CCC3C2)c(C(F)F)n1. The molecule has 0 aliphatic heterocycles. The van der Waals surface area contributed by atoms with Gasteiger partial charge in [0, 0.05) is 18.9 Å². The van der Waals surface area contributed by atoms with E-state index in [1.165, 1.54) is 35.5 Å². The maximum Gasteiger partial charge on any atom is 0.282 e. The Morgan fingerprint density at radius 3 is 2.83 bits per heavy atom. The molecular formula is C18H21F2N3O. The van der Waals surface area contributed by atoms with Crippen LogP contribution in [0.25, 0.3) is 0 Å². The molecule has 2 atom stereocenters. The minimum atomic E-state index is -2.77. The van der Waals surface area contributed by atoms with Crippen molar-refractivity contribution < 1.29 is 13.6 Å². The Hall–Kier alpha value is -2.24. The molecule has 1 fully saturated rings. The summed E-state index contributed by atoms with van der Waals surface area (Å²) in [5.41, 5.74) is 2.71. The summed E-state index contributed by atoms with van der Waals surface area (Å²) < 4.78 is 27.3. The first-order valence-electron chi connectivity index (χ1n) is 7.80. The van der Waals surface area contributed by atoms with Crippen molar-refractivity contribution in [3.05, 3.63) is 46.8 Å². The summed E-state index contributed by atoms with van der Waals surface area (Å²) in [6.45, 7) is 0. The highest BCUT2D eigenvalue weighted by Crippen LogP contribution is 2.55. The van der Waals surface area contributed by atoms with Crippen LogP contribution in [-0.2, 0) is 7.05 Å². The molecule has 0 saturated heterocycles. The molecule has 24 heavy (non-hydrogen) atoms. The van der Waals surface area contributed by atoms with Crippen molar-refractivity contribution in [2.24, 2.45) is 7.05 Å². The normalized spacial score (nSPS) is 20.8. The van der Waals surface area contributed by atoms with Crippen LogP contribution in [0.5, 0.6) is 0 Å². The van der Waals surface area contributed by atoms with Crippen LogP contribution in [0.2, 0.25) is 0 Å². The largest absolute Gasteiger partial charge is 0.322 e.